The molecule has 0 bridgehead atoms. The van der Waals surface area contributed by atoms with E-state index in [0.717, 1.165) is 45.5 Å². The van der Waals surface area contributed by atoms with Crippen LogP contribution in [0.5, 0.6) is 0 Å². The minimum Gasteiger partial charge on any atom is -0.264 e. The number of hydrogen-bond acceptors (Lipinski definition) is 1. The zero-order chi connectivity index (χ0) is 33.5. The van der Waals surface area contributed by atoms with Crippen LogP contribution in [0, 0.1) is 0 Å². The van der Waals surface area contributed by atoms with Gasteiger partial charge in [-0.2, -0.15) is 0 Å². The summed E-state index contributed by atoms with van der Waals surface area (Å²) in [7, 11) is 0. The van der Waals surface area contributed by atoms with Crippen LogP contribution in [0.15, 0.2) is 199 Å². The monoisotopic (exact) mass is 619 g/mol. The molecule has 0 aliphatic heterocycles. The number of benzene rings is 5. The number of hydrogen-bond donors (Lipinski definition) is 0. The minimum atomic E-state index is -0.407. The molecular formula is C47H41N. The molecule has 0 amide bonds. The van der Waals surface area contributed by atoms with E-state index >= 15 is 0 Å². The quantitative estimate of drug-likeness (QED) is 0.101. The lowest BCUT2D eigenvalue weighted by Crippen LogP contribution is -2.28. The predicted octanol–water partition coefficient (Wildman–Crippen LogP) is 12.3. The van der Waals surface area contributed by atoms with E-state index in [1.807, 2.05) is 31.2 Å². The molecule has 6 rings (SSSR count). The zero-order valence-electron chi connectivity index (χ0n) is 27.9. The van der Waals surface area contributed by atoms with Gasteiger partial charge in [0.2, 0.25) is 0 Å². The van der Waals surface area contributed by atoms with Crippen molar-refractivity contribution in [1.29, 1.82) is 0 Å². The first-order chi connectivity index (χ1) is 23.5. The van der Waals surface area contributed by atoms with Gasteiger partial charge in [0, 0.05) is 5.56 Å². The topological polar surface area (TPSA) is 12.4 Å². The largest absolute Gasteiger partial charge is 0.264 e. The molecule has 0 radical (unpaired) electrons. The molecule has 0 heterocycles. The summed E-state index contributed by atoms with van der Waals surface area (Å²) >= 11 is 0. The van der Waals surface area contributed by atoms with E-state index in [0.29, 0.717) is 0 Å². The van der Waals surface area contributed by atoms with Gasteiger partial charge in [-0.1, -0.05) is 170 Å². The Morgan fingerprint density at radius 1 is 0.729 bits per heavy atom. The number of rotatable bonds is 11. The highest BCUT2D eigenvalue weighted by Gasteiger charge is 2.45. The van der Waals surface area contributed by atoms with Crippen LogP contribution in [0.2, 0.25) is 0 Å². The maximum atomic E-state index is 4.47. The standard InChI is InChI=1S/C47H41N/c1-6-16-34(3)26-27-37(35(4)17-7-2)33-46(48-5)39-19-15-18-38(32-39)36-28-30-41(31-29-36)47(40-20-9-8-10-21-40)44-24-13-11-22-42(44)43-23-12-14-25-45(43)47/h6-25,27-33H,2-3,5,26H2,1,4H3/b16-6-,35-17+,37-27+,46-33-. The van der Waals surface area contributed by atoms with Crippen LogP contribution < -0.4 is 0 Å². The molecule has 0 aromatic heterocycles. The number of aliphatic imine (C=N–C) groups is 1. The van der Waals surface area contributed by atoms with Crippen LogP contribution in [-0.4, -0.2) is 6.72 Å². The summed E-state index contributed by atoms with van der Waals surface area (Å²) in [5, 5.41) is 0. The maximum Gasteiger partial charge on any atom is 0.0713 e. The molecule has 0 unspecified atom stereocenters. The predicted molar refractivity (Wildman–Crippen MR) is 207 cm³/mol. The molecule has 1 heteroatoms. The third-order valence-corrected chi connectivity index (χ3v) is 9.24. The first kappa shape index (κ1) is 32.2. The van der Waals surface area contributed by atoms with E-state index < -0.39 is 5.41 Å². The highest BCUT2D eigenvalue weighted by Crippen LogP contribution is 2.56. The Morgan fingerprint density at radius 3 is 1.98 bits per heavy atom. The molecule has 5 aromatic rings. The van der Waals surface area contributed by atoms with Gasteiger partial charge >= 0.3 is 0 Å². The van der Waals surface area contributed by atoms with Gasteiger partial charge in [-0.15, -0.1) is 0 Å². The fraction of sp³-hybridized carbons (Fsp3) is 0.0851. The lowest BCUT2D eigenvalue weighted by molar-refractivity contribution is 0.768. The summed E-state index contributed by atoms with van der Waals surface area (Å²) in [6.07, 6.45) is 12.9. The van der Waals surface area contributed by atoms with E-state index in [4.69, 9.17) is 0 Å². The molecule has 0 fully saturated rings. The van der Waals surface area contributed by atoms with Gasteiger partial charge in [-0.25, -0.2) is 0 Å². The van der Waals surface area contributed by atoms with Gasteiger partial charge in [-0.05, 0) is 94.8 Å². The molecule has 5 aromatic carbocycles. The normalized spacial score (nSPS) is 14.0. The first-order valence-electron chi connectivity index (χ1n) is 16.5. The van der Waals surface area contributed by atoms with Gasteiger partial charge in [-0.3, -0.25) is 4.99 Å². The Labute approximate surface area is 286 Å². The Balaban J connectivity index is 1.41. The van der Waals surface area contributed by atoms with Gasteiger partial charge in [0.1, 0.15) is 0 Å². The van der Waals surface area contributed by atoms with Crippen molar-refractivity contribution in [2.45, 2.75) is 25.7 Å². The second kappa shape index (κ2) is 14.3. The maximum absolute atomic E-state index is 4.47. The second-order valence-electron chi connectivity index (χ2n) is 12.2. The third-order valence-electron chi connectivity index (χ3n) is 9.24. The fourth-order valence-electron chi connectivity index (χ4n) is 7.00. The van der Waals surface area contributed by atoms with Crippen molar-refractivity contribution in [2.75, 3.05) is 0 Å². The van der Waals surface area contributed by atoms with Crippen molar-refractivity contribution in [1.82, 2.24) is 0 Å². The molecule has 48 heavy (non-hydrogen) atoms. The van der Waals surface area contributed by atoms with Crippen molar-refractivity contribution >= 4 is 12.4 Å². The van der Waals surface area contributed by atoms with Crippen LogP contribution in [0.4, 0.5) is 0 Å². The van der Waals surface area contributed by atoms with E-state index in [-0.39, 0.29) is 0 Å². The summed E-state index contributed by atoms with van der Waals surface area (Å²) in [6.45, 7) is 16.1. The molecule has 1 nitrogen and oxygen atoms in total. The van der Waals surface area contributed by atoms with Crippen LogP contribution in [-0.2, 0) is 5.41 Å². The van der Waals surface area contributed by atoms with Crippen molar-refractivity contribution in [3.05, 3.63) is 222 Å². The van der Waals surface area contributed by atoms with Crippen LogP contribution >= 0.6 is 0 Å². The van der Waals surface area contributed by atoms with Crippen molar-refractivity contribution < 1.29 is 0 Å². The van der Waals surface area contributed by atoms with Crippen molar-refractivity contribution in [2.24, 2.45) is 4.99 Å². The Morgan fingerprint density at radius 2 is 1.35 bits per heavy atom. The third kappa shape index (κ3) is 6.04. The van der Waals surface area contributed by atoms with Gasteiger partial charge in [0.15, 0.2) is 0 Å². The molecule has 0 atom stereocenters. The minimum absolute atomic E-state index is 0.407. The smallest absolute Gasteiger partial charge is 0.0713 e. The highest BCUT2D eigenvalue weighted by atomic mass is 14.7. The molecule has 0 saturated carbocycles. The lowest BCUT2D eigenvalue weighted by Gasteiger charge is -2.34. The van der Waals surface area contributed by atoms with E-state index in [9.17, 15) is 0 Å². The van der Waals surface area contributed by atoms with E-state index in [1.54, 1.807) is 0 Å². The highest BCUT2D eigenvalue weighted by molar-refractivity contribution is 5.86. The summed E-state index contributed by atoms with van der Waals surface area (Å²) in [6, 6.07) is 46.3. The Hall–Kier alpha value is -5.79. The number of allylic oxidation sites excluding steroid dienone is 9. The lowest BCUT2D eigenvalue weighted by atomic mass is 9.67. The summed E-state index contributed by atoms with van der Waals surface area (Å²) in [5.74, 6) is 0. The van der Waals surface area contributed by atoms with Gasteiger partial charge in [0.25, 0.3) is 0 Å². The van der Waals surface area contributed by atoms with Gasteiger partial charge < -0.3 is 0 Å². The van der Waals surface area contributed by atoms with E-state index in [1.165, 1.54) is 33.4 Å². The average molecular weight is 620 g/mol. The van der Waals surface area contributed by atoms with Crippen molar-refractivity contribution in [3.8, 4) is 22.3 Å². The summed E-state index contributed by atoms with van der Waals surface area (Å²) in [4.78, 5) is 4.47. The molecule has 0 saturated heterocycles. The Kier molecular flexibility index (Phi) is 9.60. The Bertz CT molecular complexity index is 2050. The summed E-state index contributed by atoms with van der Waals surface area (Å²) in [5.41, 5.74) is 14.7. The number of nitrogens with zero attached hydrogens (tertiary/aromatic N) is 1. The summed E-state index contributed by atoms with van der Waals surface area (Å²) < 4.78 is 0. The molecule has 1 aliphatic rings. The fourth-order valence-corrected chi connectivity index (χ4v) is 7.00. The van der Waals surface area contributed by atoms with Crippen LogP contribution in [0.25, 0.3) is 28.0 Å². The molecule has 1 aliphatic carbocycles. The SMILES string of the molecule is C=C/C=C(C)/C(/C=C(\N=C)c1cccc(-c2ccc(C3(c4ccccc4)c4ccccc4-c4ccccc43)cc2)c1)=C/CC(=C)/C=C\C. The average Bonchev–Trinajstić information content (AvgIpc) is 3.43. The first-order valence-corrected chi connectivity index (χ1v) is 16.5. The van der Waals surface area contributed by atoms with Gasteiger partial charge in [0.05, 0.1) is 11.1 Å². The molecule has 0 N–H and O–H groups in total. The molecule has 0 spiro atoms. The molecule has 234 valence electrons. The van der Waals surface area contributed by atoms with Crippen LogP contribution in [0.1, 0.15) is 48.1 Å². The van der Waals surface area contributed by atoms with Crippen LogP contribution in [0.3, 0.4) is 0 Å². The second-order valence-corrected chi connectivity index (χ2v) is 12.2. The number of fused-ring (bicyclic) bond motifs is 3. The van der Waals surface area contributed by atoms with E-state index in [2.05, 4.69) is 171 Å². The molecular weight excluding hydrogens is 579 g/mol. The van der Waals surface area contributed by atoms with Crippen molar-refractivity contribution in [3.63, 3.8) is 0 Å². The zero-order valence-corrected chi connectivity index (χ0v) is 27.9.